The second kappa shape index (κ2) is 13.0. The highest BCUT2D eigenvalue weighted by molar-refractivity contribution is 8.26. The molecule has 48 heavy (non-hydrogen) atoms. The Kier molecular flexibility index (Phi) is 9.51. The molecule has 0 radical (unpaired) electrons. The summed E-state index contributed by atoms with van der Waals surface area (Å²) in [5.41, 5.74) is -0.564. The first-order valence-electron chi connectivity index (χ1n) is 14.2. The molecule has 0 N–H and O–H groups in total. The molecule has 3 amide bonds. The van der Waals surface area contributed by atoms with Gasteiger partial charge < -0.3 is 28.6 Å². The average molecular weight is 719 g/mol. The fraction of sp³-hybridized carbons (Fsp3) is 0.387. The second-order valence-electron chi connectivity index (χ2n) is 11.0. The van der Waals surface area contributed by atoms with Gasteiger partial charge in [-0.15, -0.1) is 0 Å². The molecule has 0 atom stereocenters. The number of anilines is 1. The summed E-state index contributed by atoms with van der Waals surface area (Å²) >= 11 is 2.44. The number of esters is 4. The van der Waals surface area contributed by atoms with E-state index < -0.39 is 57.8 Å². The number of hydrogen-bond donors (Lipinski definition) is 0. The van der Waals surface area contributed by atoms with Crippen LogP contribution in [0.5, 0.6) is 5.75 Å². The third-order valence-corrected chi connectivity index (χ3v) is 12.7. The van der Waals surface area contributed by atoms with Crippen molar-refractivity contribution in [2.24, 2.45) is 0 Å². The van der Waals surface area contributed by atoms with Gasteiger partial charge >= 0.3 is 23.9 Å². The van der Waals surface area contributed by atoms with E-state index in [2.05, 4.69) is 0 Å². The minimum atomic E-state index is -1.78. The summed E-state index contributed by atoms with van der Waals surface area (Å²) in [7, 11) is 5.93. The minimum Gasteiger partial charge on any atom is -0.497 e. The Morgan fingerprint density at radius 1 is 0.771 bits per heavy atom. The van der Waals surface area contributed by atoms with Crippen molar-refractivity contribution in [3.05, 3.63) is 49.0 Å². The van der Waals surface area contributed by atoms with Crippen molar-refractivity contribution in [1.82, 2.24) is 4.90 Å². The number of rotatable bonds is 7. The molecular weight excluding hydrogens is 689 g/mol. The van der Waals surface area contributed by atoms with Crippen LogP contribution in [-0.4, -0.2) is 98.2 Å². The van der Waals surface area contributed by atoms with Gasteiger partial charge in [0.2, 0.25) is 17.7 Å². The Morgan fingerprint density at radius 2 is 1.29 bits per heavy atom. The van der Waals surface area contributed by atoms with Crippen molar-refractivity contribution >= 4 is 88.1 Å². The second-order valence-corrected chi connectivity index (χ2v) is 14.7. The predicted octanol–water partition coefficient (Wildman–Crippen LogP) is 2.76. The number of thioether (sulfide) groups is 3. The van der Waals surface area contributed by atoms with E-state index in [-0.39, 0.29) is 33.1 Å². The molecule has 1 saturated heterocycles. The number of fused-ring (bicyclic) bond motifs is 3. The van der Waals surface area contributed by atoms with E-state index >= 15 is 0 Å². The van der Waals surface area contributed by atoms with Crippen LogP contribution in [0, 0.1) is 0 Å². The number of carbonyl (C=O) groups is 7. The van der Waals surface area contributed by atoms with Crippen LogP contribution in [0.4, 0.5) is 5.69 Å². The Hall–Kier alpha value is -4.22. The van der Waals surface area contributed by atoms with Gasteiger partial charge in [0.1, 0.15) is 31.1 Å². The van der Waals surface area contributed by atoms with Gasteiger partial charge in [-0.05, 0) is 32.0 Å². The zero-order chi connectivity index (χ0) is 35.3. The lowest BCUT2D eigenvalue weighted by molar-refractivity contribution is -0.142. The molecule has 1 fully saturated rings. The normalized spacial score (nSPS) is 19.3. The lowest BCUT2D eigenvalue weighted by atomic mass is 9.83. The van der Waals surface area contributed by atoms with Crippen molar-refractivity contribution in [2.75, 3.05) is 47.0 Å². The molecule has 1 aromatic rings. The van der Waals surface area contributed by atoms with E-state index in [9.17, 15) is 33.6 Å². The molecule has 5 rings (SSSR count). The maximum atomic E-state index is 14.2. The Morgan fingerprint density at radius 3 is 1.79 bits per heavy atom. The first-order valence-corrected chi connectivity index (χ1v) is 16.6. The number of methoxy groups -OCH3 is 5. The summed E-state index contributed by atoms with van der Waals surface area (Å²) in [6.07, 6.45) is -0.0138. The number of carbonyl (C=O) groups excluding carboxylic acids is 7. The average Bonchev–Trinajstić information content (AvgIpc) is 3.62. The van der Waals surface area contributed by atoms with Crippen LogP contribution in [0.3, 0.4) is 0 Å². The van der Waals surface area contributed by atoms with Gasteiger partial charge in [-0.3, -0.25) is 19.3 Å². The fourth-order valence-corrected chi connectivity index (χ4v) is 10.9. The quantitative estimate of drug-likeness (QED) is 0.229. The third kappa shape index (κ3) is 5.37. The zero-order valence-electron chi connectivity index (χ0n) is 26.9. The number of likely N-dealkylation sites (tertiary alicyclic amines) is 1. The van der Waals surface area contributed by atoms with Crippen molar-refractivity contribution < 1.29 is 57.2 Å². The van der Waals surface area contributed by atoms with Crippen LogP contribution in [0.1, 0.15) is 32.3 Å². The molecule has 14 nitrogen and oxygen atoms in total. The molecule has 0 unspecified atom stereocenters. The highest BCUT2D eigenvalue weighted by Crippen LogP contribution is 2.71. The van der Waals surface area contributed by atoms with Gasteiger partial charge in [-0.2, -0.15) is 0 Å². The van der Waals surface area contributed by atoms with Crippen LogP contribution in [0.2, 0.25) is 0 Å². The summed E-state index contributed by atoms with van der Waals surface area (Å²) in [5, 5.41) is 0. The van der Waals surface area contributed by atoms with Gasteiger partial charge in [0.15, 0.2) is 0 Å². The standard InChI is InChI=1S/C31H30N2O12S3/c1-30(2)25-20(15-12-14(41-3)8-9-16(15)33(30)19(36)13-32-17(34)10-11-18(32)35)31(21(26(37)42-4)22(46-25)27(38)43-5)47-23(28(39)44-6)24(48-31)29(40)45-7/h8-9,12H,10-11,13H2,1-7H3. The van der Waals surface area contributed by atoms with Crippen molar-refractivity contribution in [1.29, 1.82) is 0 Å². The van der Waals surface area contributed by atoms with E-state index in [1.807, 2.05) is 0 Å². The molecular formula is C31H30N2O12S3. The number of benzene rings is 1. The van der Waals surface area contributed by atoms with E-state index in [0.29, 0.717) is 27.5 Å². The molecule has 4 aliphatic heterocycles. The predicted molar refractivity (Wildman–Crippen MR) is 175 cm³/mol. The van der Waals surface area contributed by atoms with E-state index in [0.717, 1.165) is 68.6 Å². The number of hydrogen-bond acceptors (Lipinski definition) is 15. The molecule has 0 aromatic heterocycles. The Bertz CT molecular complexity index is 1750. The van der Waals surface area contributed by atoms with E-state index in [1.54, 1.807) is 32.0 Å². The van der Waals surface area contributed by atoms with E-state index in [4.69, 9.17) is 23.7 Å². The van der Waals surface area contributed by atoms with Gasteiger partial charge in [0.05, 0.1) is 52.3 Å². The molecule has 254 valence electrons. The first-order chi connectivity index (χ1) is 22.7. The van der Waals surface area contributed by atoms with Crippen molar-refractivity contribution in [2.45, 2.75) is 36.3 Å². The van der Waals surface area contributed by atoms with Gasteiger partial charge in [0, 0.05) is 28.9 Å². The third-order valence-electron chi connectivity index (χ3n) is 8.04. The first kappa shape index (κ1) is 35.1. The molecule has 1 aromatic carbocycles. The van der Waals surface area contributed by atoms with Gasteiger partial charge in [-0.25, -0.2) is 19.2 Å². The molecule has 0 saturated carbocycles. The summed E-state index contributed by atoms with van der Waals surface area (Å²) in [4.78, 5) is 95.0. The van der Waals surface area contributed by atoms with Crippen molar-refractivity contribution in [3.8, 4) is 5.75 Å². The topological polar surface area (TPSA) is 172 Å². The van der Waals surface area contributed by atoms with Crippen LogP contribution in [-0.2, 0) is 52.5 Å². The Balaban J connectivity index is 1.85. The molecule has 0 bridgehead atoms. The van der Waals surface area contributed by atoms with Crippen LogP contribution < -0.4 is 9.64 Å². The summed E-state index contributed by atoms with van der Waals surface area (Å²) < 4.78 is 24.1. The number of imide groups is 1. The van der Waals surface area contributed by atoms with Gasteiger partial charge in [0.25, 0.3) is 0 Å². The summed E-state index contributed by atoms with van der Waals surface area (Å²) in [5.74, 6) is -4.86. The summed E-state index contributed by atoms with van der Waals surface area (Å²) in [6.45, 7) is 2.85. The van der Waals surface area contributed by atoms with Crippen LogP contribution >= 0.6 is 35.3 Å². The minimum absolute atomic E-state index is 0.00689. The summed E-state index contributed by atoms with van der Waals surface area (Å²) in [6, 6.07) is 4.84. The molecule has 4 aliphatic rings. The fourth-order valence-electron chi connectivity index (χ4n) is 5.87. The molecule has 17 heteroatoms. The maximum absolute atomic E-state index is 14.2. The zero-order valence-corrected chi connectivity index (χ0v) is 29.3. The number of nitrogens with zero attached hydrogens (tertiary/aromatic N) is 2. The smallest absolute Gasteiger partial charge is 0.345 e. The Labute approximate surface area is 287 Å². The lowest BCUT2D eigenvalue weighted by Crippen LogP contribution is -2.56. The maximum Gasteiger partial charge on any atom is 0.345 e. The molecule has 0 aliphatic carbocycles. The van der Waals surface area contributed by atoms with Crippen LogP contribution in [0.25, 0.3) is 5.57 Å². The highest BCUT2D eigenvalue weighted by atomic mass is 32.2. The monoisotopic (exact) mass is 718 g/mol. The number of ether oxygens (including phenoxy) is 5. The van der Waals surface area contributed by atoms with Crippen LogP contribution in [0.15, 0.2) is 43.4 Å². The number of amides is 3. The SMILES string of the molecule is COC(=O)C1=C(C(=O)OC)SC2(S1)C(C(=O)OC)=C(C(=O)OC)SC1=C2c2cc(OC)ccc2N(C(=O)CN2C(=O)CCC2=O)C1(C)C. The highest BCUT2D eigenvalue weighted by Gasteiger charge is 2.62. The van der Waals surface area contributed by atoms with Crippen molar-refractivity contribution in [3.63, 3.8) is 0 Å². The molecule has 4 heterocycles. The largest absolute Gasteiger partial charge is 0.497 e. The lowest BCUT2D eigenvalue weighted by Gasteiger charge is -2.51. The van der Waals surface area contributed by atoms with E-state index in [1.165, 1.54) is 12.0 Å². The van der Waals surface area contributed by atoms with Gasteiger partial charge in [-0.1, -0.05) is 35.3 Å². The molecule has 1 spiro atoms.